The molecule has 0 aliphatic heterocycles. The maximum Gasteiger partial charge on any atom is 0.167 e. The Labute approximate surface area is 42.0 Å². The predicted molar refractivity (Wildman–Crippen MR) is 26.2 cm³/mol. The Bertz CT molecular complexity index is 87.7. The Morgan fingerprint density at radius 1 is 1.86 bits per heavy atom. The molecule has 0 radical (unpaired) electrons. The molecule has 0 spiro atoms. The molecule has 0 N–H and O–H groups in total. The SMILES string of the molecule is CO/N=C(/C)C=O. The topological polar surface area (TPSA) is 38.7 Å². The minimum Gasteiger partial charge on any atom is -0.399 e. The van der Waals surface area contributed by atoms with Crippen LogP contribution in [0.4, 0.5) is 0 Å². The fraction of sp³-hybridized carbons (Fsp3) is 0.500. The van der Waals surface area contributed by atoms with Crippen molar-refractivity contribution in [2.45, 2.75) is 6.92 Å². The summed E-state index contributed by atoms with van der Waals surface area (Å²) in [5, 5.41) is 3.29. The maximum atomic E-state index is 9.68. The highest BCUT2D eigenvalue weighted by Gasteiger charge is 1.79. The first-order chi connectivity index (χ1) is 3.31. The van der Waals surface area contributed by atoms with Crippen LogP contribution in [0.15, 0.2) is 5.16 Å². The molecular weight excluding hydrogens is 94.0 g/mol. The van der Waals surface area contributed by atoms with Gasteiger partial charge in [-0.25, -0.2) is 0 Å². The van der Waals surface area contributed by atoms with Gasteiger partial charge < -0.3 is 4.84 Å². The normalized spacial score (nSPS) is 10.9. The van der Waals surface area contributed by atoms with E-state index in [2.05, 4.69) is 9.99 Å². The first-order valence-corrected chi connectivity index (χ1v) is 1.84. The molecule has 0 heterocycles. The lowest BCUT2D eigenvalue weighted by Crippen LogP contribution is -1.90. The molecule has 0 aromatic rings. The summed E-state index contributed by atoms with van der Waals surface area (Å²) in [6, 6.07) is 0. The lowest BCUT2D eigenvalue weighted by atomic mass is 10.5. The van der Waals surface area contributed by atoms with E-state index in [4.69, 9.17) is 0 Å². The molecule has 3 nitrogen and oxygen atoms in total. The van der Waals surface area contributed by atoms with Gasteiger partial charge in [0.2, 0.25) is 0 Å². The summed E-state index contributed by atoms with van der Waals surface area (Å²) in [5.41, 5.74) is 0.350. The molecule has 40 valence electrons. The van der Waals surface area contributed by atoms with Crippen LogP contribution in [-0.4, -0.2) is 19.1 Å². The van der Waals surface area contributed by atoms with Crippen molar-refractivity contribution < 1.29 is 9.63 Å². The number of carbonyl (C=O) groups is 1. The Hall–Kier alpha value is -0.860. The van der Waals surface area contributed by atoms with Crippen molar-refractivity contribution in [1.82, 2.24) is 0 Å². The van der Waals surface area contributed by atoms with Gasteiger partial charge in [-0.1, -0.05) is 5.16 Å². The van der Waals surface area contributed by atoms with Crippen LogP contribution < -0.4 is 0 Å². The quantitative estimate of drug-likeness (QED) is 0.283. The zero-order chi connectivity index (χ0) is 5.70. The summed E-state index contributed by atoms with van der Waals surface area (Å²) in [7, 11) is 1.40. The minimum absolute atomic E-state index is 0.350. The molecule has 0 amide bonds. The van der Waals surface area contributed by atoms with E-state index in [1.54, 1.807) is 6.92 Å². The Kier molecular flexibility index (Phi) is 2.92. The van der Waals surface area contributed by atoms with E-state index >= 15 is 0 Å². The predicted octanol–water partition coefficient (Wildman–Crippen LogP) is 0.208. The Morgan fingerprint density at radius 3 is 2.57 bits per heavy atom. The van der Waals surface area contributed by atoms with E-state index in [0.29, 0.717) is 12.0 Å². The van der Waals surface area contributed by atoms with Crippen molar-refractivity contribution in [1.29, 1.82) is 0 Å². The number of hydrogen-bond acceptors (Lipinski definition) is 3. The smallest absolute Gasteiger partial charge is 0.167 e. The van der Waals surface area contributed by atoms with Gasteiger partial charge in [-0.05, 0) is 6.92 Å². The van der Waals surface area contributed by atoms with Gasteiger partial charge in [-0.2, -0.15) is 0 Å². The number of hydrogen-bond donors (Lipinski definition) is 0. The minimum atomic E-state index is 0.350. The summed E-state index contributed by atoms with van der Waals surface area (Å²) in [5.74, 6) is 0. The summed E-state index contributed by atoms with van der Waals surface area (Å²) in [6.07, 6.45) is 0.628. The molecule has 0 rings (SSSR count). The zero-order valence-electron chi connectivity index (χ0n) is 4.34. The van der Waals surface area contributed by atoms with Gasteiger partial charge in [0.15, 0.2) is 6.29 Å². The van der Waals surface area contributed by atoms with E-state index in [1.165, 1.54) is 7.11 Å². The second-order valence-electron chi connectivity index (χ2n) is 1.03. The van der Waals surface area contributed by atoms with Crippen molar-refractivity contribution in [2.75, 3.05) is 7.11 Å². The zero-order valence-corrected chi connectivity index (χ0v) is 4.34. The third-order valence-corrected chi connectivity index (χ3v) is 0.406. The highest BCUT2D eigenvalue weighted by Crippen LogP contribution is 1.69. The third kappa shape index (κ3) is 2.96. The second kappa shape index (κ2) is 3.33. The number of rotatable bonds is 2. The largest absolute Gasteiger partial charge is 0.399 e. The molecule has 0 aliphatic carbocycles. The maximum absolute atomic E-state index is 9.68. The van der Waals surface area contributed by atoms with Crippen LogP contribution >= 0.6 is 0 Å². The highest BCUT2D eigenvalue weighted by molar-refractivity contribution is 6.26. The van der Waals surface area contributed by atoms with Crippen LogP contribution in [-0.2, 0) is 9.63 Å². The molecule has 0 saturated heterocycles. The van der Waals surface area contributed by atoms with E-state index in [0.717, 1.165) is 0 Å². The van der Waals surface area contributed by atoms with E-state index in [1.807, 2.05) is 0 Å². The Morgan fingerprint density at radius 2 is 2.43 bits per heavy atom. The number of oxime groups is 1. The summed E-state index contributed by atoms with van der Waals surface area (Å²) in [4.78, 5) is 13.9. The van der Waals surface area contributed by atoms with E-state index in [-0.39, 0.29) is 0 Å². The first kappa shape index (κ1) is 6.14. The van der Waals surface area contributed by atoms with E-state index < -0.39 is 0 Å². The summed E-state index contributed by atoms with van der Waals surface area (Å²) < 4.78 is 0. The lowest BCUT2D eigenvalue weighted by Gasteiger charge is -1.82. The molecular formula is C4H7NO2. The molecule has 0 aliphatic rings. The van der Waals surface area contributed by atoms with Gasteiger partial charge in [0.1, 0.15) is 12.8 Å². The average molecular weight is 101 g/mol. The molecule has 0 aromatic heterocycles. The molecule has 7 heavy (non-hydrogen) atoms. The van der Waals surface area contributed by atoms with Gasteiger partial charge in [0.25, 0.3) is 0 Å². The van der Waals surface area contributed by atoms with Crippen LogP contribution in [0.2, 0.25) is 0 Å². The number of aldehydes is 1. The van der Waals surface area contributed by atoms with Crippen molar-refractivity contribution in [3.05, 3.63) is 0 Å². The van der Waals surface area contributed by atoms with Crippen molar-refractivity contribution in [3.8, 4) is 0 Å². The fourth-order valence-corrected chi connectivity index (χ4v) is 0.166. The van der Waals surface area contributed by atoms with Gasteiger partial charge in [0.05, 0.1) is 0 Å². The van der Waals surface area contributed by atoms with Crippen LogP contribution in [0.3, 0.4) is 0 Å². The van der Waals surface area contributed by atoms with Crippen molar-refractivity contribution >= 4 is 12.0 Å². The molecule has 0 fully saturated rings. The second-order valence-corrected chi connectivity index (χ2v) is 1.03. The molecule has 0 bridgehead atoms. The average Bonchev–Trinajstić information content (AvgIpc) is 1.68. The Balaban J connectivity index is 3.49. The molecule has 0 atom stereocenters. The standard InChI is InChI=1S/C4H7NO2/c1-4(3-6)5-7-2/h3H,1-2H3/b5-4-. The van der Waals surface area contributed by atoms with Crippen molar-refractivity contribution in [2.24, 2.45) is 5.16 Å². The summed E-state index contributed by atoms with van der Waals surface area (Å²) >= 11 is 0. The third-order valence-electron chi connectivity index (χ3n) is 0.406. The summed E-state index contributed by atoms with van der Waals surface area (Å²) in [6.45, 7) is 1.57. The molecule has 0 unspecified atom stereocenters. The molecule has 0 aromatic carbocycles. The van der Waals surface area contributed by atoms with Crippen LogP contribution in [0.5, 0.6) is 0 Å². The van der Waals surface area contributed by atoms with Gasteiger partial charge in [0, 0.05) is 0 Å². The number of nitrogens with zero attached hydrogens (tertiary/aromatic N) is 1. The highest BCUT2D eigenvalue weighted by atomic mass is 16.6. The van der Waals surface area contributed by atoms with Crippen LogP contribution in [0, 0.1) is 0 Å². The first-order valence-electron chi connectivity index (χ1n) is 1.84. The van der Waals surface area contributed by atoms with Crippen LogP contribution in [0.25, 0.3) is 0 Å². The monoisotopic (exact) mass is 101 g/mol. The fourth-order valence-electron chi connectivity index (χ4n) is 0.166. The van der Waals surface area contributed by atoms with Gasteiger partial charge in [-0.3, -0.25) is 4.79 Å². The lowest BCUT2D eigenvalue weighted by molar-refractivity contribution is -0.102. The van der Waals surface area contributed by atoms with Gasteiger partial charge >= 0.3 is 0 Å². The van der Waals surface area contributed by atoms with Crippen LogP contribution in [0.1, 0.15) is 6.92 Å². The van der Waals surface area contributed by atoms with E-state index in [9.17, 15) is 4.79 Å². The molecule has 3 heteroatoms. The van der Waals surface area contributed by atoms with Gasteiger partial charge in [-0.15, -0.1) is 0 Å². The number of carbonyl (C=O) groups excluding carboxylic acids is 1. The molecule has 0 saturated carbocycles. The van der Waals surface area contributed by atoms with Crippen molar-refractivity contribution in [3.63, 3.8) is 0 Å².